The molecule has 18 heavy (non-hydrogen) atoms. The summed E-state index contributed by atoms with van der Waals surface area (Å²) in [6, 6.07) is 12.2. The molecule has 0 aliphatic heterocycles. The Hall–Kier alpha value is -1.80. The number of phenols is 1. The van der Waals surface area contributed by atoms with Crippen molar-refractivity contribution in [3.8, 4) is 16.9 Å². The lowest BCUT2D eigenvalue weighted by Gasteiger charge is -2.11. The van der Waals surface area contributed by atoms with Crippen molar-refractivity contribution in [3.63, 3.8) is 0 Å². The molecule has 2 aromatic rings. The number of benzene rings is 2. The van der Waals surface area contributed by atoms with E-state index < -0.39 is 0 Å². The van der Waals surface area contributed by atoms with Gasteiger partial charge in [-0.15, -0.1) is 0 Å². The highest BCUT2D eigenvalue weighted by molar-refractivity contribution is 5.83. The van der Waals surface area contributed by atoms with Gasteiger partial charge in [0.2, 0.25) is 0 Å². The van der Waals surface area contributed by atoms with Crippen molar-refractivity contribution in [3.05, 3.63) is 53.1 Å². The van der Waals surface area contributed by atoms with Gasteiger partial charge in [0.1, 0.15) is 5.75 Å². The summed E-state index contributed by atoms with van der Waals surface area (Å²) in [6.45, 7) is 2.73. The van der Waals surface area contributed by atoms with Crippen LogP contribution in [-0.4, -0.2) is 11.7 Å². The fourth-order valence-electron chi connectivity index (χ4n) is 2.91. The fraction of sp³-hybridized carbons (Fsp3) is 0.250. The van der Waals surface area contributed by atoms with Gasteiger partial charge >= 0.3 is 0 Å². The number of aryl methyl sites for hydroxylation is 1. The maximum Gasteiger partial charge on any atom is 0.123 e. The molecule has 92 valence electrons. The van der Waals surface area contributed by atoms with Gasteiger partial charge in [0, 0.05) is 18.0 Å². The molecule has 0 fully saturated rings. The molecular weight excluding hydrogens is 222 g/mol. The first-order chi connectivity index (χ1) is 8.76. The maximum atomic E-state index is 10.1. The van der Waals surface area contributed by atoms with Gasteiger partial charge in [0.25, 0.3) is 0 Å². The summed E-state index contributed by atoms with van der Waals surface area (Å²) in [5.41, 5.74) is 11.8. The van der Waals surface area contributed by atoms with Crippen LogP contribution in [0.1, 0.15) is 29.5 Å². The predicted octanol–water partition coefficient (Wildman–Crippen LogP) is 3.03. The zero-order valence-electron chi connectivity index (χ0n) is 10.5. The molecule has 0 heterocycles. The van der Waals surface area contributed by atoms with E-state index in [1.165, 1.54) is 11.1 Å². The first-order valence-corrected chi connectivity index (χ1v) is 6.41. The van der Waals surface area contributed by atoms with Crippen LogP contribution in [0.5, 0.6) is 5.75 Å². The van der Waals surface area contributed by atoms with Gasteiger partial charge in [-0.1, -0.05) is 37.3 Å². The second kappa shape index (κ2) is 4.14. The second-order valence-corrected chi connectivity index (χ2v) is 4.80. The lowest BCUT2D eigenvalue weighted by atomic mass is 9.95. The van der Waals surface area contributed by atoms with Crippen LogP contribution in [0.25, 0.3) is 11.1 Å². The van der Waals surface area contributed by atoms with E-state index in [1.54, 1.807) is 6.07 Å². The van der Waals surface area contributed by atoms with Crippen LogP contribution in [0.15, 0.2) is 36.4 Å². The highest BCUT2D eigenvalue weighted by Gasteiger charge is 2.29. The Balaban J connectivity index is 2.28. The third-order valence-corrected chi connectivity index (χ3v) is 3.85. The summed E-state index contributed by atoms with van der Waals surface area (Å²) in [5.74, 6) is 0.572. The Bertz CT molecular complexity index is 604. The van der Waals surface area contributed by atoms with E-state index in [0.717, 1.165) is 23.1 Å². The van der Waals surface area contributed by atoms with Crippen molar-refractivity contribution in [2.45, 2.75) is 19.3 Å². The van der Waals surface area contributed by atoms with Gasteiger partial charge in [0.05, 0.1) is 0 Å². The molecule has 1 unspecified atom stereocenters. The number of aromatic hydroxyl groups is 1. The van der Waals surface area contributed by atoms with E-state index in [0.29, 0.717) is 12.3 Å². The third-order valence-electron chi connectivity index (χ3n) is 3.85. The average Bonchev–Trinajstić information content (AvgIpc) is 2.72. The van der Waals surface area contributed by atoms with Gasteiger partial charge in [-0.2, -0.15) is 0 Å². The van der Waals surface area contributed by atoms with Crippen LogP contribution in [0.3, 0.4) is 0 Å². The van der Waals surface area contributed by atoms with Crippen LogP contribution in [0.2, 0.25) is 0 Å². The molecule has 0 aromatic heterocycles. The van der Waals surface area contributed by atoms with Gasteiger partial charge in [-0.25, -0.2) is 0 Å². The van der Waals surface area contributed by atoms with E-state index >= 15 is 0 Å². The Kier molecular flexibility index (Phi) is 2.60. The molecular formula is C16H17NO. The first-order valence-electron chi connectivity index (χ1n) is 6.41. The molecule has 0 spiro atoms. The van der Waals surface area contributed by atoms with E-state index in [9.17, 15) is 5.11 Å². The molecule has 1 aliphatic carbocycles. The van der Waals surface area contributed by atoms with Crippen LogP contribution >= 0.6 is 0 Å². The van der Waals surface area contributed by atoms with Crippen LogP contribution < -0.4 is 5.73 Å². The average molecular weight is 239 g/mol. The Morgan fingerprint density at radius 3 is 2.72 bits per heavy atom. The van der Waals surface area contributed by atoms with Crippen LogP contribution in [0.4, 0.5) is 0 Å². The Labute approximate surface area is 107 Å². The Morgan fingerprint density at radius 2 is 2.00 bits per heavy atom. The van der Waals surface area contributed by atoms with Gasteiger partial charge in [0.15, 0.2) is 0 Å². The molecule has 2 nitrogen and oxygen atoms in total. The van der Waals surface area contributed by atoms with Crippen molar-refractivity contribution in [2.24, 2.45) is 5.73 Å². The SMILES string of the molecule is CCc1ccc2c(c1)C(CN)c1cccc(O)c1-2. The minimum atomic E-state index is 0.216. The topological polar surface area (TPSA) is 46.2 Å². The monoisotopic (exact) mass is 239 g/mol. The van der Waals surface area contributed by atoms with Crippen molar-refractivity contribution in [2.75, 3.05) is 6.54 Å². The molecule has 3 N–H and O–H groups in total. The number of phenolic OH excluding ortho intramolecular Hbond substituents is 1. The minimum absolute atomic E-state index is 0.216. The highest BCUT2D eigenvalue weighted by atomic mass is 16.3. The second-order valence-electron chi connectivity index (χ2n) is 4.80. The van der Waals surface area contributed by atoms with Crippen LogP contribution in [0, 0.1) is 0 Å². The van der Waals surface area contributed by atoms with Gasteiger partial charge in [-0.05, 0) is 34.7 Å². The van der Waals surface area contributed by atoms with Gasteiger partial charge < -0.3 is 10.8 Å². The minimum Gasteiger partial charge on any atom is -0.507 e. The molecule has 0 radical (unpaired) electrons. The summed E-state index contributed by atoms with van der Waals surface area (Å²) < 4.78 is 0. The molecule has 3 rings (SSSR count). The first kappa shape index (κ1) is 11.3. The summed E-state index contributed by atoms with van der Waals surface area (Å²) in [5, 5.41) is 10.1. The molecule has 0 saturated heterocycles. The summed E-state index contributed by atoms with van der Waals surface area (Å²) in [7, 11) is 0. The zero-order chi connectivity index (χ0) is 12.7. The number of hydrogen-bond donors (Lipinski definition) is 2. The Morgan fingerprint density at radius 1 is 1.17 bits per heavy atom. The molecule has 0 amide bonds. The summed E-state index contributed by atoms with van der Waals surface area (Å²) >= 11 is 0. The summed E-state index contributed by atoms with van der Waals surface area (Å²) in [4.78, 5) is 0. The molecule has 2 heteroatoms. The molecule has 1 atom stereocenters. The smallest absolute Gasteiger partial charge is 0.123 e. The predicted molar refractivity (Wildman–Crippen MR) is 73.8 cm³/mol. The quantitative estimate of drug-likeness (QED) is 0.846. The van der Waals surface area contributed by atoms with E-state index in [2.05, 4.69) is 31.2 Å². The molecule has 2 aromatic carbocycles. The van der Waals surface area contributed by atoms with Crippen molar-refractivity contribution >= 4 is 0 Å². The lowest BCUT2D eigenvalue weighted by molar-refractivity contribution is 0.477. The number of rotatable bonds is 2. The molecule has 1 aliphatic rings. The van der Waals surface area contributed by atoms with E-state index in [1.807, 2.05) is 6.07 Å². The van der Waals surface area contributed by atoms with Crippen LogP contribution in [-0.2, 0) is 6.42 Å². The normalized spacial score (nSPS) is 16.4. The summed E-state index contributed by atoms with van der Waals surface area (Å²) in [6.07, 6.45) is 1.02. The molecule has 0 saturated carbocycles. The highest BCUT2D eigenvalue weighted by Crippen LogP contribution is 2.48. The lowest BCUT2D eigenvalue weighted by Crippen LogP contribution is -2.11. The maximum absolute atomic E-state index is 10.1. The largest absolute Gasteiger partial charge is 0.507 e. The fourth-order valence-corrected chi connectivity index (χ4v) is 2.91. The van der Waals surface area contributed by atoms with Gasteiger partial charge in [-0.3, -0.25) is 0 Å². The zero-order valence-corrected chi connectivity index (χ0v) is 10.5. The third kappa shape index (κ3) is 1.46. The van der Waals surface area contributed by atoms with Crippen molar-refractivity contribution in [1.29, 1.82) is 0 Å². The van der Waals surface area contributed by atoms with E-state index in [-0.39, 0.29) is 5.92 Å². The number of nitrogens with two attached hydrogens (primary N) is 1. The van der Waals surface area contributed by atoms with Crippen molar-refractivity contribution < 1.29 is 5.11 Å². The standard InChI is InChI=1S/C16H17NO/c1-2-10-6-7-12-13(8-10)14(9-17)11-4-3-5-15(18)16(11)12/h3-8,14,18H,2,9,17H2,1H3. The molecule has 0 bridgehead atoms. The number of hydrogen-bond acceptors (Lipinski definition) is 2. The van der Waals surface area contributed by atoms with Crippen molar-refractivity contribution in [1.82, 2.24) is 0 Å². The number of fused-ring (bicyclic) bond motifs is 3. The van der Waals surface area contributed by atoms with E-state index in [4.69, 9.17) is 5.73 Å².